The molecule has 0 aromatic heterocycles. The molecule has 0 saturated heterocycles. The van der Waals surface area contributed by atoms with E-state index in [0.29, 0.717) is 6.42 Å². The number of hydrogen-bond acceptors (Lipinski definition) is 4. The third kappa shape index (κ3) is 3.45. The number of fused-ring (bicyclic) bond motifs is 1. The van der Waals surface area contributed by atoms with Gasteiger partial charge in [-0.05, 0) is 32.5 Å². The van der Waals surface area contributed by atoms with E-state index < -0.39 is 13.7 Å². The van der Waals surface area contributed by atoms with Crippen LogP contribution in [0.3, 0.4) is 0 Å². The molecule has 2 aliphatic carbocycles. The van der Waals surface area contributed by atoms with E-state index in [4.69, 9.17) is 9.16 Å². The maximum atomic E-state index is 12.6. The minimum Gasteiger partial charge on any atom is -0.468 e. The maximum absolute atomic E-state index is 12.6. The number of Topliss-reactive ketones (excluding diaryl/α,β-unsaturated/α-hetero) is 1. The topological polar surface area (TPSA) is 52.6 Å². The number of hydrogen-bond donors (Lipinski definition) is 0. The summed E-state index contributed by atoms with van der Waals surface area (Å²) in [5.41, 5.74) is -0.958. The Balaban J connectivity index is 2.12. The Labute approximate surface area is 140 Å². The average molecular weight is 339 g/mol. The van der Waals surface area contributed by atoms with Gasteiger partial charge in [-0.15, -0.1) is 0 Å². The van der Waals surface area contributed by atoms with Gasteiger partial charge in [0.05, 0.1) is 13.2 Å². The predicted octanol–water partition coefficient (Wildman–Crippen LogP) is 3.72. The molecule has 0 spiro atoms. The first-order valence-electron chi connectivity index (χ1n) is 8.75. The highest BCUT2D eigenvalue weighted by Gasteiger charge is 2.80. The molecule has 0 aromatic carbocycles. The Morgan fingerprint density at radius 1 is 1.35 bits per heavy atom. The van der Waals surface area contributed by atoms with Crippen LogP contribution in [0, 0.1) is 17.3 Å². The second kappa shape index (κ2) is 6.89. The van der Waals surface area contributed by atoms with Crippen LogP contribution in [0.4, 0.5) is 0 Å². The molecule has 2 saturated carbocycles. The number of rotatable bonds is 8. The van der Waals surface area contributed by atoms with E-state index in [-0.39, 0.29) is 29.7 Å². The van der Waals surface area contributed by atoms with E-state index in [1.165, 1.54) is 20.0 Å². The Hall–Kier alpha value is -0.943. The molecule has 2 unspecified atom stereocenters. The quantitative estimate of drug-likeness (QED) is 0.222. The molecule has 2 fully saturated rings. The van der Waals surface area contributed by atoms with Crippen molar-refractivity contribution in [1.29, 1.82) is 0 Å². The molecule has 0 aliphatic heterocycles. The molecular formula is C18H30O4Si. The second-order valence-electron chi connectivity index (χ2n) is 7.73. The summed E-state index contributed by atoms with van der Waals surface area (Å²) >= 11 is 0. The van der Waals surface area contributed by atoms with Crippen LogP contribution in [0.2, 0.25) is 19.6 Å². The highest BCUT2D eigenvalue weighted by Crippen LogP contribution is 2.68. The lowest BCUT2D eigenvalue weighted by Crippen LogP contribution is -2.33. The lowest BCUT2D eigenvalue weighted by Gasteiger charge is -2.24. The van der Waals surface area contributed by atoms with Crippen molar-refractivity contribution in [2.24, 2.45) is 17.3 Å². The Morgan fingerprint density at radius 3 is 2.61 bits per heavy atom. The van der Waals surface area contributed by atoms with Gasteiger partial charge in [-0.2, -0.15) is 0 Å². The van der Waals surface area contributed by atoms with Crippen LogP contribution in [0.25, 0.3) is 0 Å². The molecule has 0 heterocycles. The van der Waals surface area contributed by atoms with Gasteiger partial charge in [0, 0.05) is 18.3 Å². The molecule has 23 heavy (non-hydrogen) atoms. The fourth-order valence-electron chi connectivity index (χ4n) is 3.97. The standard InChI is InChI=1S/C18H30O4Si/c1-6-7-8-9-10-11-13-16-14(22-23(3,4)5)12-15(19)18(13,16)17(20)21-2/h10-11,13-14,16H,6-9,12H2,1-5H3/t13?,14?,16-,18+/m0/s1. The van der Waals surface area contributed by atoms with Gasteiger partial charge in [-0.25, -0.2) is 0 Å². The number of ether oxygens (including phenoxy) is 1. The van der Waals surface area contributed by atoms with Crippen molar-refractivity contribution in [3.8, 4) is 0 Å². The number of ketones is 1. The minimum absolute atomic E-state index is 0.000748. The van der Waals surface area contributed by atoms with Crippen molar-refractivity contribution >= 4 is 20.1 Å². The summed E-state index contributed by atoms with van der Waals surface area (Å²) in [5.74, 6) is -0.450. The minimum atomic E-state index is -1.75. The van der Waals surface area contributed by atoms with Crippen LogP contribution < -0.4 is 0 Å². The number of methoxy groups -OCH3 is 1. The highest BCUT2D eigenvalue weighted by atomic mass is 28.4. The fourth-order valence-corrected chi connectivity index (χ4v) is 5.11. The van der Waals surface area contributed by atoms with E-state index in [1.807, 2.05) is 0 Å². The van der Waals surface area contributed by atoms with Gasteiger partial charge in [0.2, 0.25) is 0 Å². The molecule has 4 nitrogen and oxygen atoms in total. The smallest absolute Gasteiger partial charge is 0.320 e. The van der Waals surface area contributed by atoms with E-state index in [2.05, 4.69) is 38.7 Å². The van der Waals surface area contributed by atoms with Gasteiger partial charge in [0.25, 0.3) is 0 Å². The number of carbonyl (C=O) groups is 2. The van der Waals surface area contributed by atoms with Crippen molar-refractivity contribution in [1.82, 2.24) is 0 Å². The average Bonchev–Trinajstić information content (AvgIpc) is 3.05. The van der Waals surface area contributed by atoms with Gasteiger partial charge >= 0.3 is 5.97 Å². The lowest BCUT2D eigenvalue weighted by molar-refractivity contribution is -0.151. The van der Waals surface area contributed by atoms with E-state index in [0.717, 1.165) is 12.8 Å². The normalized spacial score (nSPS) is 33.1. The number of unbranched alkanes of at least 4 members (excludes halogenated alkanes) is 3. The van der Waals surface area contributed by atoms with Gasteiger partial charge in [-0.3, -0.25) is 9.59 Å². The first-order chi connectivity index (χ1) is 10.8. The van der Waals surface area contributed by atoms with Crippen LogP contribution in [0.5, 0.6) is 0 Å². The Morgan fingerprint density at radius 2 is 2.04 bits per heavy atom. The third-order valence-corrected chi connectivity index (χ3v) is 5.93. The summed E-state index contributed by atoms with van der Waals surface area (Å²) in [4.78, 5) is 24.9. The van der Waals surface area contributed by atoms with Crippen molar-refractivity contribution in [3.63, 3.8) is 0 Å². The van der Waals surface area contributed by atoms with Crippen LogP contribution in [-0.2, 0) is 18.8 Å². The summed E-state index contributed by atoms with van der Waals surface area (Å²) in [6, 6.07) is 0. The van der Waals surface area contributed by atoms with E-state index in [1.54, 1.807) is 0 Å². The molecular weight excluding hydrogens is 308 g/mol. The SMILES string of the molecule is CCCCCC=CC1[C@H]2C(O[Si](C)(C)C)CC(=O)[C@]12C(=O)OC. The zero-order valence-corrected chi connectivity index (χ0v) is 16.1. The molecule has 130 valence electrons. The Kier molecular flexibility index (Phi) is 5.51. The van der Waals surface area contributed by atoms with Crippen molar-refractivity contribution in [2.75, 3.05) is 7.11 Å². The van der Waals surface area contributed by atoms with Gasteiger partial charge < -0.3 is 9.16 Å². The molecule has 2 aliphatic rings. The molecule has 0 amide bonds. The zero-order valence-electron chi connectivity index (χ0n) is 15.1. The van der Waals surface area contributed by atoms with E-state index >= 15 is 0 Å². The summed E-state index contributed by atoms with van der Waals surface area (Å²) in [5, 5.41) is 0. The molecule has 0 radical (unpaired) electrons. The first kappa shape index (κ1) is 18.4. The maximum Gasteiger partial charge on any atom is 0.320 e. The summed E-state index contributed by atoms with van der Waals surface area (Å²) in [6.45, 7) is 8.53. The summed E-state index contributed by atoms with van der Waals surface area (Å²) in [7, 11) is -0.382. The molecule has 5 heteroatoms. The number of allylic oxidation sites excluding steroid dienone is 2. The predicted molar refractivity (Wildman–Crippen MR) is 92.6 cm³/mol. The molecule has 2 rings (SSSR count). The summed E-state index contributed by atoms with van der Waals surface area (Å²) in [6.07, 6.45) is 8.97. The largest absolute Gasteiger partial charge is 0.468 e. The highest BCUT2D eigenvalue weighted by molar-refractivity contribution is 6.69. The van der Waals surface area contributed by atoms with Crippen LogP contribution in [0.1, 0.15) is 39.0 Å². The molecule has 0 bridgehead atoms. The van der Waals surface area contributed by atoms with Gasteiger partial charge in [0.1, 0.15) is 5.41 Å². The second-order valence-corrected chi connectivity index (χ2v) is 12.2. The fraction of sp³-hybridized carbons (Fsp3) is 0.778. The Bertz CT molecular complexity index is 494. The van der Waals surface area contributed by atoms with Crippen LogP contribution in [-0.4, -0.2) is 33.3 Å². The number of esters is 1. The first-order valence-corrected chi connectivity index (χ1v) is 12.2. The lowest BCUT2D eigenvalue weighted by atomic mass is 9.97. The van der Waals surface area contributed by atoms with Crippen molar-refractivity contribution in [3.05, 3.63) is 12.2 Å². The van der Waals surface area contributed by atoms with Crippen molar-refractivity contribution < 1.29 is 18.8 Å². The molecule has 0 N–H and O–H groups in total. The van der Waals surface area contributed by atoms with Crippen molar-refractivity contribution in [2.45, 2.75) is 64.8 Å². The van der Waals surface area contributed by atoms with E-state index in [9.17, 15) is 9.59 Å². The zero-order chi connectivity index (χ0) is 17.3. The van der Waals surface area contributed by atoms with Gasteiger partial charge in [0.15, 0.2) is 14.1 Å². The molecule has 4 atom stereocenters. The third-order valence-electron chi connectivity index (χ3n) is 4.92. The van der Waals surface area contributed by atoms with Crippen LogP contribution >= 0.6 is 0 Å². The summed E-state index contributed by atoms with van der Waals surface area (Å²) < 4.78 is 11.2. The molecule has 0 aromatic rings. The number of carbonyl (C=O) groups excluding carboxylic acids is 2. The van der Waals surface area contributed by atoms with Gasteiger partial charge in [-0.1, -0.05) is 31.9 Å². The van der Waals surface area contributed by atoms with Crippen LogP contribution in [0.15, 0.2) is 12.2 Å². The monoisotopic (exact) mass is 338 g/mol.